The molecular formula is C13H21NO4. The Hall–Kier alpha value is -1.36. The normalized spacial score (nSPS) is 27.4. The lowest BCUT2D eigenvalue weighted by atomic mass is 9.86. The van der Waals surface area contributed by atoms with Gasteiger partial charge in [-0.05, 0) is 18.3 Å². The average molecular weight is 255 g/mol. The minimum Gasteiger partial charge on any atom is -0.478 e. The third-order valence-electron chi connectivity index (χ3n) is 3.51. The molecule has 2 rings (SSSR count). The van der Waals surface area contributed by atoms with Gasteiger partial charge in [-0.2, -0.15) is 0 Å². The van der Waals surface area contributed by atoms with E-state index in [-0.39, 0.29) is 0 Å². The van der Waals surface area contributed by atoms with Crippen molar-refractivity contribution >= 4 is 11.9 Å². The molecule has 2 aliphatic carbocycles. The fourth-order valence-corrected chi connectivity index (χ4v) is 2.48. The minimum atomic E-state index is -1.26. The summed E-state index contributed by atoms with van der Waals surface area (Å²) in [7, 11) is 0. The van der Waals surface area contributed by atoms with Crippen LogP contribution in [-0.2, 0) is 9.59 Å². The Balaban J connectivity index is 0.000000187. The van der Waals surface area contributed by atoms with Crippen LogP contribution in [0.15, 0.2) is 12.2 Å². The Morgan fingerprint density at radius 2 is 1.44 bits per heavy atom. The maximum atomic E-state index is 9.55. The van der Waals surface area contributed by atoms with E-state index in [0.717, 1.165) is 11.8 Å². The molecule has 4 N–H and O–H groups in total. The van der Waals surface area contributed by atoms with E-state index in [1.807, 2.05) is 0 Å². The molecule has 0 aromatic heterocycles. The van der Waals surface area contributed by atoms with Crippen molar-refractivity contribution in [1.82, 2.24) is 0 Å². The van der Waals surface area contributed by atoms with E-state index in [0.29, 0.717) is 18.2 Å². The first-order valence-corrected chi connectivity index (χ1v) is 6.40. The predicted molar refractivity (Wildman–Crippen MR) is 67.1 cm³/mol. The quantitative estimate of drug-likeness (QED) is 0.665. The fraction of sp³-hybridized carbons (Fsp3) is 0.692. The maximum absolute atomic E-state index is 9.55. The van der Waals surface area contributed by atoms with Crippen LogP contribution in [0.5, 0.6) is 0 Å². The van der Waals surface area contributed by atoms with E-state index < -0.39 is 11.9 Å². The number of carbonyl (C=O) groups is 2. The number of nitrogens with two attached hydrogens (primary N) is 1. The summed E-state index contributed by atoms with van der Waals surface area (Å²) >= 11 is 0. The molecule has 5 heteroatoms. The van der Waals surface area contributed by atoms with Crippen LogP contribution >= 0.6 is 0 Å². The first-order valence-electron chi connectivity index (χ1n) is 6.40. The van der Waals surface area contributed by atoms with E-state index in [2.05, 4.69) is 0 Å². The van der Waals surface area contributed by atoms with Gasteiger partial charge in [0.2, 0.25) is 0 Å². The highest BCUT2D eigenvalue weighted by molar-refractivity contribution is 5.89. The van der Waals surface area contributed by atoms with Gasteiger partial charge in [-0.25, -0.2) is 9.59 Å². The Labute approximate surface area is 107 Å². The van der Waals surface area contributed by atoms with E-state index in [1.54, 1.807) is 0 Å². The SMILES string of the molecule is NC1CC1C1CCCCC1.O=C(O)C=CC(=O)O. The zero-order chi connectivity index (χ0) is 13.5. The number of carboxylic acids is 2. The fourth-order valence-electron chi connectivity index (χ4n) is 2.48. The second-order valence-corrected chi connectivity index (χ2v) is 4.97. The number of aliphatic carboxylic acids is 2. The van der Waals surface area contributed by atoms with Crippen molar-refractivity contribution in [2.75, 3.05) is 0 Å². The molecule has 0 heterocycles. The van der Waals surface area contributed by atoms with Gasteiger partial charge in [0.15, 0.2) is 0 Å². The molecule has 0 radical (unpaired) electrons. The molecule has 18 heavy (non-hydrogen) atoms. The molecule has 0 aromatic carbocycles. The second kappa shape index (κ2) is 7.16. The maximum Gasteiger partial charge on any atom is 0.328 e. The molecule has 2 atom stereocenters. The third kappa shape index (κ3) is 5.82. The molecule has 5 nitrogen and oxygen atoms in total. The van der Waals surface area contributed by atoms with Crippen molar-refractivity contribution in [3.8, 4) is 0 Å². The van der Waals surface area contributed by atoms with Gasteiger partial charge in [0.1, 0.15) is 0 Å². The van der Waals surface area contributed by atoms with E-state index in [1.165, 1.54) is 38.5 Å². The number of rotatable bonds is 3. The van der Waals surface area contributed by atoms with Gasteiger partial charge in [-0.3, -0.25) is 0 Å². The highest BCUT2D eigenvalue weighted by Gasteiger charge is 2.39. The summed E-state index contributed by atoms with van der Waals surface area (Å²) < 4.78 is 0. The van der Waals surface area contributed by atoms with E-state index >= 15 is 0 Å². The summed E-state index contributed by atoms with van der Waals surface area (Å²) in [6, 6.07) is 0.586. The number of carboxylic acid groups (broad SMARTS) is 2. The zero-order valence-electron chi connectivity index (χ0n) is 10.4. The van der Waals surface area contributed by atoms with E-state index in [9.17, 15) is 9.59 Å². The molecule has 2 unspecified atom stereocenters. The van der Waals surface area contributed by atoms with Crippen molar-refractivity contribution in [3.05, 3.63) is 12.2 Å². The van der Waals surface area contributed by atoms with Crippen molar-refractivity contribution < 1.29 is 19.8 Å². The molecule has 0 amide bonds. The largest absolute Gasteiger partial charge is 0.478 e. The van der Waals surface area contributed by atoms with Crippen LogP contribution < -0.4 is 5.73 Å². The molecular weight excluding hydrogens is 234 g/mol. The molecule has 102 valence electrons. The van der Waals surface area contributed by atoms with Gasteiger partial charge in [-0.1, -0.05) is 32.1 Å². The lowest BCUT2D eigenvalue weighted by Crippen LogP contribution is -2.13. The Morgan fingerprint density at radius 3 is 1.78 bits per heavy atom. The van der Waals surface area contributed by atoms with Crippen molar-refractivity contribution in [3.63, 3.8) is 0 Å². The smallest absolute Gasteiger partial charge is 0.328 e. The average Bonchev–Trinajstić information content (AvgIpc) is 3.06. The topological polar surface area (TPSA) is 101 Å². The molecule has 0 aromatic rings. The van der Waals surface area contributed by atoms with Crippen molar-refractivity contribution in [2.24, 2.45) is 17.6 Å². The second-order valence-electron chi connectivity index (χ2n) is 4.97. The summed E-state index contributed by atoms with van der Waals surface area (Å²) in [5, 5.41) is 15.6. The minimum absolute atomic E-state index is 0.558. The molecule has 0 saturated heterocycles. The lowest BCUT2D eigenvalue weighted by Gasteiger charge is -2.20. The van der Waals surface area contributed by atoms with Gasteiger partial charge < -0.3 is 15.9 Å². The predicted octanol–water partition coefficient (Wildman–Crippen LogP) is 1.63. The van der Waals surface area contributed by atoms with Crippen LogP contribution in [-0.4, -0.2) is 28.2 Å². The zero-order valence-corrected chi connectivity index (χ0v) is 10.4. The van der Waals surface area contributed by atoms with Gasteiger partial charge in [0.25, 0.3) is 0 Å². The van der Waals surface area contributed by atoms with Gasteiger partial charge >= 0.3 is 11.9 Å². The standard InChI is InChI=1S/C9H17N.C4H4O4/c10-9-6-8(9)7-4-2-1-3-5-7;5-3(6)1-2-4(7)8/h7-9H,1-6,10H2;1-2H,(H,5,6)(H,7,8). The van der Waals surface area contributed by atoms with Crippen LogP contribution in [0, 0.1) is 11.8 Å². The Morgan fingerprint density at radius 1 is 1.00 bits per heavy atom. The summed E-state index contributed by atoms with van der Waals surface area (Å²) in [4.78, 5) is 19.1. The first-order chi connectivity index (χ1) is 8.50. The molecule has 2 saturated carbocycles. The Bertz CT molecular complexity index is 305. The molecule has 2 aliphatic rings. The monoisotopic (exact) mass is 255 g/mol. The van der Waals surface area contributed by atoms with Crippen LogP contribution in [0.3, 0.4) is 0 Å². The van der Waals surface area contributed by atoms with Gasteiger partial charge in [0, 0.05) is 18.2 Å². The summed E-state index contributed by atoms with van der Waals surface area (Å²) in [5.74, 6) is -0.566. The van der Waals surface area contributed by atoms with Crippen LogP contribution in [0.2, 0.25) is 0 Å². The summed E-state index contributed by atoms with van der Waals surface area (Å²) in [5.41, 5.74) is 5.80. The number of hydrogen-bond acceptors (Lipinski definition) is 3. The van der Waals surface area contributed by atoms with Crippen molar-refractivity contribution in [1.29, 1.82) is 0 Å². The Kier molecular flexibility index (Phi) is 5.85. The highest BCUT2D eigenvalue weighted by atomic mass is 16.4. The molecule has 0 bridgehead atoms. The number of hydrogen-bond donors (Lipinski definition) is 3. The van der Waals surface area contributed by atoms with Gasteiger partial charge in [-0.15, -0.1) is 0 Å². The van der Waals surface area contributed by atoms with Gasteiger partial charge in [0.05, 0.1) is 0 Å². The summed E-state index contributed by atoms with van der Waals surface area (Å²) in [6.07, 6.45) is 9.78. The third-order valence-corrected chi connectivity index (χ3v) is 3.51. The van der Waals surface area contributed by atoms with Crippen LogP contribution in [0.25, 0.3) is 0 Å². The highest BCUT2D eigenvalue weighted by Crippen LogP contribution is 2.42. The molecule has 0 spiro atoms. The molecule has 0 aliphatic heterocycles. The first kappa shape index (κ1) is 14.7. The lowest BCUT2D eigenvalue weighted by molar-refractivity contribution is -0.134. The van der Waals surface area contributed by atoms with Crippen LogP contribution in [0.1, 0.15) is 38.5 Å². The van der Waals surface area contributed by atoms with Crippen LogP contribution in [0.4, 0.5) is 0 Å². The summed E-state index contributed by atoms with van der Waals surface area (Å²) in [6.45, 7) is 0. The molecule has 2 fully saturated rings. The van der Waals surface area contributed by atoms with Crippen molar-refractivity contribution in [2.45, 2.75) is 44.6 Å². The van der Waals surface area contributed by atoms with E-state index in [4.69, 9.17) is 15.9 Å².